The summed E-state index contributed by atoms with van der Waals surface area (Å²) >= 11 is 2.18. The molecule has 0 spiro atoms. The van der Waals surface area contributed by atoms with Gasteiger partial charge in [0, 0.05) is 3.57 Å². The topological polar surface area (TPSA) is 85.9 Å². The number of para-hydroxylation sites is 2. The maximum Gasteiger partial charge on any atom is 0.276 e. The summed E-state index contributed by atoms with van der Waals surface area (Å²) in [6.07, 6.45) is 0. The van der Waals surface area contributed by atoms with Gasteiger partial charge < -0.3 is 14.2 Å². The second-order valence-corrected chi connectivity index (χ2v) is 6.25. The lowest BCUT2D eigenvalue weighted by Crippen LogP contribution is -2.45. The Kier molecular flexibility index (Phi) is 8.00. The fourth-order valence-corrected chi connectivity index (χ4v) is 2.24. The first kappa shape index (κ1) is 19.8. The lowest BCUT2D eigenvalue weighted by Gasteiger charge is -2.12. The van der Waals surface area contributed by atoms with Crippen LogP contribution in [0.3, 0.4) is 0 Å². The molecule has 0 heterocycles. The zero-order chi connectivity index (χ0) is 18.8. The molecule has 8 heteroatoms. The van der Waals surface area contributed by atoms with E-state index in [0.717, 1.165) is 3.57 Å². The molecule has 0 bridgehead atoms. The van der Waals surface area contributed by atoms with Gasteiger partial charge in [-0.1, -0.05) is 12.1 Å². The summed E-state index contributed by atoms with van der Waals surface area (Å²) in [4.78, 5) is 23.5. The van der Waals surface area contributed by atoms with Gasteiger partial charge in [-0.15, -0.1) is 0 Å². The number of rotatable bonds is 8. The summed E-state index contributed by atoms with van der Waals surface area (Å²) in [5.41, 5.74) is 4.53. The van der Waals surface area contributed by atoms with Crippen molar-refractivity contribution in [2.75, 3.05) is 19.8 Å². The molecule has 2 aromatic carbocycles. The lowest BCUT2D eigenvalue weighted by molar-refractivity contribution is -0.131. The van der Waals surface area contributed by atoms with E-state index in [1.165, 1.54) is 0 Å². The smallest absolute Gasteiger partial charge is 0.276 e. The molecular formula is C18H19IN2O5. The SMILES string of the molecule is CCOc1ccccc1OCC(=O)NNC(=O)COc1ccc(I)cc1. The summed E-state index contributed by atoms with van der Waals surface area (Å²) in [5, 5.41) is 0. The number of benzene rings is 2. The third-order valence-electron chi connectivity index (χ3n) is 3.03. The van der Waals surface area contributed by atoms with Crippen LogP contribution in [0.15, 0.2) is 48.5 Å². The van der Waals surface area contributed by atoms with Crippen LogP contribution in [0, 0.1) is 3.57 Å². The quantitative estimate of drug-likeness (QED) is 0.457. The highest BCUT2D eigenvalue weighted by Crippen LogP contribution is 2.26. The van der Waals surface area contributed by atoms with Crippen LogP contribution in [-0.4, -0.2) is 31.6 Å². The number of hydrogen-bond donors (Lipinski definition) is 2. The Bertz CT molecular complexity index is 737. The highest BCUT2D eigenvalue weighted by atomic mass is 127. The minimum Gasteiger partial charge on any atom is -0.490 e. The molecule has 138 valence electrons. The molecule has 7 nitrogen and oxygen atoms in total. The van der Waals surface area contributed by atoms with Crippen LogP contribution in [0.1, 0.15) is 6.92 Å². The van der Waals surface area contributed by atoms with Crippen molar-refractivity contribution in [1.82, 2.24) is 10.9 Å². The number of halogens is 1. The average molecular weight is 470 g/mol. The molecule has 0 aromatic heterocycles. The molecule has 0 aliphatic rings. The molecule has 2 rings (SSSR count). The Morgan fingerprint density at radius 3 is 1.96 bits per heavy atom. The van der Waals surface area contributed by atoms with Gasteiger partial charge in [0.2, 0.25) is 0 Å². The largest absolute Gasteiger partial charge is 0.490 e. The number of nitrogens with one attached hydrogen (secondary N) is 2. The van der Waals surface area contributed by atoms with Gasteiger partial charge in [0.15, 0.2) is 24.7 Å². The van der Waals surface area contributed by atoms with Crippen LogP contribution < -0.4 is 25.1 Å². The molecule has 0 unspecified atom stereocenters. The summed E-state index contributed by atoms with van der Waals surface area (Å²) in [6, 6.07) is 14.3. The monoisotopic (exact) mass is 470 g/mol. The van der Waals surface area contributed by atoms with Crippen LogP contribution in [0.4, 0.5) is 0 Å². The van der Waals surface area contributed by atoms with Crippen LogP contribution in [0.25, 0.3) is 0 Å². The number of carbonyl (C=O) groups is 2. The van der Waals surface area contributed by atoms with E-state index < -0.39 is 11.8 Å². The van der Waals surface area contributed by atoms with Crippen molar-refractivity contribution in [2.45, 2.75) is 6.92 Å². The van der Waals surface area contributed by atoms with Gasteiger partial charge >= 0.3 is 0 Å². The van der Waals surface area contributed by atoms with E-state index in [-0.39, 0.29) is 13.2 Å². The molecule has 0 saturated carbocycles. The Labute approximate surface area is 165 Å². The van der Waals surface area contributed by atoms with Gasteiger partial charge in [-0.3, -0.25) is 20.4 Å². The van der Waals surface area contributed by atoms with Crippen LogP contribution in [0.5, 0.6) is 17.2 Å². The van der Waals surface area contributed by atoms with Crippen LogP contribution in [0.2, 0.25) is 0 Å². The van der Waals surface area contributed by atoms with Gasteiger partial charge in [0.25, 0.3) is 11.8 Å². The number of ether oxygens (including phenoxy) is 3. The van der Waals surface area contributed by atoms with Crippen molar-refractivity contribution in [3.63, 3.8) is 0 Å². The molecule has 2 N–H and O–H groups in total. The van der Waals surface area contributed by atoms with E-state index in [2.05, 4.69) is 33.4 Å². The maximum absolute atomic E-state index is 11.8. The fraction of sp³-hybridized carbons (Fsp3) is 0.222. The van der Waals surface area contributed by atoms with E-state index in [4.69, 9.17) is 14.2 Å². The number of hydrogen-bond acceptors (Lipinski definition) is 5. The highest BCUT2D eigenvalue weighted by molar-refractivity contribution is 14.1. The Balaban J connectivity index is 1.69. The van der Waals surface area contributed by atoms with Crippen molar-refractivity contribution in [3.05, 3.63) is 52.1 Å². The third kappa shape index (κ3) is 6.79. The molecule has 0 fully saturated rings. The molecule has 0 aliphatic carbocycles. The van der Waals surface area contributed by atoms with Gasteiger partial charge in [0.1, 0.15) is 5.75 Å². The number of hydrazine groups is 1. The normalized spacial score (nSPS) is 9.92. The number of carbonyl (C=O) groups excluding carboxylic acids is 2. The van der Waals surface area contributed by atoms with Crippen LogP contribution >= 0.6 is 22.6 Å². The second kappa shape index (κ2) is 10.5. The first-order valence-corrected chi connectivity index (χ1v) is 8.97. The predicted octanol–water partition coefficient (Wildman–Crippen LogP) is 2.30. The summed E-state index contributed by atoms with van der Waals surface area (Å²) in [5.74, 6) is 0.601. The first-order valence-electron chi connectivity index (χ1n) is 7.89. The van der Waals surface area contributed by atoms with E-state index in [1.54, 1.807) is 30.3 Å². The van der Waals surface area contributed by atoms with Gasteiger partial charge in [0.05, 0.1) is 6.61 Å². The van der Waals surface area contributed by atoms with Crippen molar-refractivity contribution in [2.24, 2.45) is 0 Å². The van der Waals surface area contributed by atoms with E-state index in [0.29, 0.717) is 23.9 Å². The second-order valence-electron chi connectivity index (χ2n) is 5.01. The predicted molar refractivity (Wildman–Crippen MR) is 104 cm³/mol. The van der Waals surface area contributed by atoms with Crippen molar-refractivity contribution >= 4 is 34.4 Å². The highest BCUT2D eigenvalue weighted by Gasteiger charge is 2.09. The number of amides is 2. The third-order valence-corrected chi connectivity index (χ3v) is 3.75. The fourth-order valence-electron chi connectivity index (χ4n) is 1.88. The molecular weight excluding hydrogens is 451 g/mol. The first-order chi connectivity index (χ1) is 12.6. The molecule has 0 aliphatic heterocycles. The molecule has 2 aromatic rings. The van der Waals surface area contributed by atoms with Crippen molar-refractivity contribution in [3.8, 4) is 17.2 Å². The van der Waals surface area contributed by atoms with E-state index in [9.17, 15) is 9.59 Å². The molecule has 0 atom stereocenters. The molecule has 2 amide bonds. The molecule has 0 saturated heterocycles. The lowest BCUT2D eigenvalue weighted by atomic mass is 10.3. The zero-order valence-electron chi connectivity index (χ0n) is 14.2. The van der Waals surface area contributed by atoms with Gasteiger partial charge in [-0.2, -0.15) is 0 Å². The summed E-state index contributed by atoms with van der Waals surface area (Å²) < 4.78 is 17.2. The average Bonchev–Trinajstić information content (AvgIpc) is 2.65. The van der Waals surface area contributed by atoms with E-state index in [1.807, 2.05) is 25.1 Å². The zero-order valence-corrected chi connectivity index (χ0v) is 16.3. The minimum absolute atomic E-state index is 0.213. The van der Waals surface area contributed by atoms with Gasteiger partial charge in [-0.25, -0.2) is 0 Å². The standard InChI is InChI=1S/C18H19IN2O5/c1-2-24-15-5-3-4-6-16(15)26-12-18(23)21-20-17(22)11-25-14-9-7-13(19)8-10-14/h3-10H,2,11-12H2,1H3,(H,20,22)(H,21,23). The van der Waals surface area contributed by atoms with Gasteiger partial charge in [-0.05, 0) is 65.9 Å². The summed E-state index contributed by atoms with van der Waals surface area (Å²) in [7, 11) is 0. The van der Waals surface area contributed by atoms with Crippen LogP contribution in [-0.2, 0) is 9.59 Å². The van der Waals surface area contributed by atoms with Crippen molar-refractivity contribution in [1.29, 1.82) is 0 Å². The molecule has 0 radical (unpaired) electrons. The Morgan fingerprint density at radius 1 is 0.846 bits per heavy atom. The molecule has 26 heavy (non-hydrogen) atoms. The van der Waals surface area contributed by atoms with Crippen molar-refractivity contribution < 1.29 is 23.8 Å². The summed E-state index contributed by atoms with van der Waals surface area (Å²) in [6.45, 7) is 1.87. The Hall–Kier alpha value is -2.49. The van der Waals surface area contributed by atoms with E-state index >= 15 is 0 Å². The maximum atomic E-state index is 11.8. The Morgan fingerprint density at radius 2 is 1.38 bits per heavy atom. The minimum atomic E-state index is -0.501.